The van der Waals surface area contributed by atoms with E-state index in [0.29, 0.717) is 0 Å². The molecule has 1 fully saturated rings. The lowest BCUT2D eigenvalue weighted by Gasteiger charge is -2.32. The molecule has 0 atom stereocenters. The average molecular weight is 255 g/mol. The van der Waals surface area contributed by atoms with Crippen LogP contribution in [0.2, 0.25) is 0 Å². The summed E-state index contributed by atoms with van der Waals surface area (Å²) < 4.78 is 0. The molecule has 1 saturated heterocycles. The Balaban J connectivity index is 1.55. The van der Waals surface area contributed by atoms with Crippen molar-refractivity contribution in [1.82, 2.24) is 9.97 Å². The van der Waals surface area contributed by atoms with Crippen LogP contribution in [-0.4, -0.2) is 23.1 Å². The molecule has 3 rings (SSSR count). The fourth-order valence-electron chi connectivity index (χ4n) is 2.88. The van der Waals surface area contributed by atoms with Crippen LogP contribution < -0.4 is 4.90 Å². The number of hydrogen-bond acceptors (Lipinski definition) is 2. The molecule has 1 N–H and O–H groups in total. The van der Waals surface area contributed by atoms with Crippen LogP contribution in [-0.2, 0) is 6.42 Å². The van der Waals surface area contributed by atoms with E-state index in [0.717, 1.165) is 30.6 Å². The van der Waals surface area contributed by atoms with Gasteiger partial charge in [0.15, 0.2) is 0 Å². The second-order valence-electron chi connectivity index (χ2n) is 5.46. The molecule has 0 bridgehead atoms. The third kappa shape index (κ3) is 2.98. The number of imidazole rings is 1. The molecule has 0 unspecified atom stereocenters. The lowest BCUT2D eigenvalue weighted by atomic mass is 9.90. The molecule has 0 amide bonds. The van der Waals surface area contributed by atoms with Crippen LogP contribution in [0, 0.1) is 12.8 Å². The maximum Gasteiger partial charge on any atom is 0.146 e. The number of nitrogens with one attached hydrogen (secondary N) is 1. The van der Waals surface area contributed by atoms with Gasteiger partial charge in [-0.25, -0.2) is 4.98 Å². The zero-order valence-electron chi connectivity index (χ0n) is 11.5. The third-order valence-electron chi connectivity index (χ3n) is 4.00. The predicted octanol–water partition coefficient (Wildman–Crippen LogP) is 3.18. The number of H-pyrrole nitrogens is 1. The van der Waals surface area contributed by atoms with Crippen molar-refractivity contribution in [2.75, 3.05) is 18.0 Å². The van der Waals surface area contributed by atoms with Crippen LogP contribution in [0.25, 0.3) is 0 Å². The van der Waals surface area contributed by atoms with Gasteiger partial charge >= 0.3 is 0 Å². The molecule has 2 aromatic rings. The van der Waals surface area contributed by atoms with Crippen molar-refractivity contribution in [1.29, 1.82) is 0 Å². The first-order chi connectivity index (χ1) is 9.31. The maximum atomic E-state index is 4.51. The standard InChI is InChI=1S/C16H21N3/c1-13-17-12-16(18-13)19-9-7-15(8-10-19)11-14-5-3-2-4-6-14/h2-6,12,15H,7-11H2,1H3,(H,17,18). The summed E-state index contributed by atoms with van der Waals surface area (Å²) in [6.45, 7) is 4.26. The van der Waals surface area contributed by atoms with E-state index < -0.39 is 0 Å². The van der Waals surface area contributed by atoms with E-state index in [-0.39, 0.29) is 0 Å². The Kier molecular flexibility index (Phi) is 3.53. The summed E-state index contributed by atoms with van der Waals surface area (Å²) in [5.74, 6) is 2.93. The van der Waals surface area contributed by atoms with Gasteiger partial charge in [0.1, 0.15) is 11.6 Å². The topological polar surface area (TPSA) is 31.9 Å². The van der Waals surface area contributed by atoms with E-state index in [2.05, 4.69) is 45.2 Å². The highest BCUT2D eigenvalue weighted by Gasteiger charge is 2.20. The second-order valence-corrected chi connectivity index (χ2v) is 5.46. The van der Waals surface area contributed by atoms with Crippen LogP contribution in [0.15, 0.2) is 36.5 Å². The van der Waals surface area contributed by atoms with Gasteiger partial charge in [-0.15, -0.1) is 0 Å². The first-order valence-electron chi connectivity index (χ1n) is 7.12. The number of rotatable bonds is 3. The first kappa shape index (κ1) is 12.3. The molecule has 0 saturated carbocycles. The summed E-state index contributed by atoms with van der Waals surface area (Å²) >= 11 is 0. The highest BCUT2D eigenvalue weighted by molar-refractivity contribution is 5.37. The SMILES string of the molecule is Cc1nc(N2CCC(Cc3ccccc3)CC2)c[nH]1. The minimum absolute atomic E-state index is 0.818. The Morgan fingerprint density at radius 3 is 2.58 bits per heavy atom. The molecular weight excluding hydrogens is 234 g/mol. The Morgan fingerprint density at radius 1 is 1.21 bits per heavy atom. The molecule has 0 radical (unpaired) electrons. The van der Waals surface area contributed by atoms with Crippen LogP contribution in [0.1, 0.15) is 24.2 Å². The van der Waals surface area contributed by atoms with E-state index >= 15 is 0 Å². The molecule has 1 aromatic heterocycles. The summed E-state index contributed by atoms with van der Waals surface area (Å²) in [6.07, 6.45) is 5.77. The molecular formula is C16H21N3. The number of anilines is 1. The summed E-state index contributed by atoms with van der Waals surface area (Å²) in [7, 11) is 0. The first-order valence-corrected chi connectivity index (χ1v) is 7.12. The lowest BCUT2D eigenvalue weighted by Crippen LogP contribution is -2.34. The van der Waals surface area contributed by atoms with Gasteiger partial charge < -0.3 is 9.88 Å². The van der Waals surface area contributed by atoms with Crippen LogP contribution in [0.5, 0.6) is 0 Å². The van der Waals surface area contributed by atoms with Crippen LogP contribution in [0.4, 0.5) is 5.82 Å². The smallest absolute Gasteiger partial charge is 0.146 e. The molecule has 3 heteroatoms. The zero-order valence-corrected chi connectivity index (χ0v) is 11.5. The Labute approximate surface area is 114 Å². The maximum absolute atomic E-state index is 4.51. The van der Waals surface area contributed by atoms with E-state index in [1.54, 1.807) is 0 Å². The number of hydrogen-bond donors (Lipinski definition) is 1. The lowest BCUT2D eigenvalue weighted by molar-refractivity contribution is 0.402. The van der Waals surface area contributed by atoms with Gasteiger partial charge in [0.25, 0.3) is 0 Å². The summed E-state index contributed by atoms with van der Waals surface area (Å²) in [6, 6.07) is 10.8. The summed E-state index contributed by atoms with van der Waals surface area (Å²) in [4.78, 5) is 10.1. The molecule has 0 spiro atoms. The van der Waals surface area contributed by atoms with Gasteiger partial charge in [0, 0.05) is 19.3 Å². The normalized spacial score (nSPS) is 16.8. The molecule has 100 valence electrons. The summed E-state index contributed by atoms with van der Waals surface area (Å²) in [5.41, 5.74) is 1.47. The van der Waals surface area contributed by atoms with E-state index in [1.165, 1.54) is 24.8 Å². The largest absolute Gasteiger partial charge is 0.355 e. The fourth-order valence-corrected chi connectivity index (χ4v) is 2.88. The van der Waals surface area contributed by atoms with Gasteiger partial charge in [-0.3, -0.25) is 0 Å². The van der Waals surface area contributed by atoms with Crippen molar-refractivity contribution in [3.8, 4) is 0 Å². The molecule has 2 heterocycles. The molecule has 19 heavy (non-hydrogen) atoms. The number of piperidine rings is 1. The van der Waals surface area contributed by atoms with Crippen molar-refractivity contribution in [3.05, 3.63) is 47.9 Å². The van der Waals surface area contributed by atoms with Crippen LogP contribution in [0.3, 0.4) is 0 Å². The quantitative estimate of drug-likeness (QED) is 0.913. The molecule has 1 aromatic carbocycles. The average Bonchev–Trinajstić information content (AvgIpc) is 2.87. The Hall–Kier alpha value is -1.77. The Bertz CT molecular complexity index is 510. The molecule has 3 nitrogen and oxygen atoms in total. The van der Waals surface area contributed by atoms with E-state index in [9.17, 15) is 0 Å². The van der Waals surface area contributed by atoms with Gasteiger partial charge in [-0.05, 0) is 37.7 Å². The number of aryl methyl sites for hydroxylation is 1. The van der Waals surface area contributed by atoms with E-state index in [1.807, 2.05) is 13.1 Å². The molecule has 1 aliphatic heterocycles. The monoisotopic (exact) mass is 255 g/mol. The van der Waals surface area contributed by atoms with Crippen molar-refractivity contribution in [3.63, 3.8) is 0 Å². The highest BCUT2D eigenvalue weighted by atomic mass is 15.2. The van der Waals surface area contributed by atoms with Gasteiger partial charge in [-0.1, -0.05) is 30.3 Å². The minimum Gasteiger partial charge on any atom is -0.355 e. The molecule has 0 aliphatic carbocycles. The summed E-state index contributed by atoms with van der Waals surface area (Å²) in [5, 5.41) is 0. The van der Waals surface area contributed by atoms with E-state index in [4.69, 9.17) is 0 Å². The van der Waals surface area contributed by atoms with Crippen molar-refractivity contribution >= 4 is 5.82 Å². The third-order valence-corrected chi connectivity index (χ3v) is 4.00. The zero-order chi connectivity index (χ0) is 13.1. The minimum atomic E-state index is 0.818. The Morgan fingerprint density at radius 2 is 1.95 bits per heavy atom. The fraction of sp³-hybridized carbons (Fsp3) is 0.438. The predicted molar refractivity (Wildman–Crippen MR) is 78.4 cm³/mol. The molecule has 1 aliphatic rings. The highest BCUT2D eigenvalue weighted by Crippen LogP contribution is 2.24. The van der Waals surface area contributed by atoms with Crippen molar-refractivity contribution < 1.29 is 0 Å². The number of benzene rings is 1. The van der Waals surface area contributed by atoms with Gasteiger partial charge in [0.05, 0.1) is 0 Å². The van der Waals surface area contributed by atoms with Crippen LogP contribution >= 0.6 is 0 Å². The van der Waals surface area contributed by atoms with Crippen molar-refractivity contribution in [2.24, 2.45) is 5.92 Å². The number of aromatic nitrogens is 2. The van der Waals surface area contributed by atoms with Gasteiger partial charge in [-0.2, -0.15) is 0 Å². The van der Waals surface area contributed by atoms with Gasteiger partial charge in [0.2, 0.25) is 0 Å². The number of nitrogens with zero attached hydrogens (tertiary/aromatic N) is 2. The van der Waals surface area contributed by atoms with Crippen molar-refractivity contribution in [2.45, 2.75) is 26.2 Å². The number of aromatic amines is 1. The second kappa shape index (κ2) is 5.47.